The Labute approximate surface area is 126 Å². The Morgan fingerprint density at radius 1 is 1.30 bits per heavy atom. The molecule has 0 atom stereocenters. The first kappa shape index (κ1) is 14.8. The third kappa shape index (κ3) is 3.72. The Morgan fingerprint density at radius 2 is 2.00 bits per heavy atom. The van der Waals surface area contributed by atoms with Gasteiger partial charge in [0.15, 0.2) is 0 Å². The van der Waals surface area contributed by atoms with Crippen LogP contribution in [0.2, 0.25) is 0 Å². The topological polar surface area (TPSA) is 61.4 Å². The predicted octanol–water partition coefficient (Wildman–Crippen LogP) is 2.44. The molecule has 20 heavy (non-hydrogen) atoms. The van der Waals surface area contributed by atoms with Crippen LogP contribution in [-0.4, -0.2) is 37.0 Å². The van der Waals surface area contributed by atoms with Crippen molar-refractivity contribution in [2.24, 2.45) is 5.92 Å². The van der Waals surface area contributed by atoms with Gasteiger partial charge in [-0.3, -0.25) is 4.79 Å². The third-order valence-electron chi connectivity index (χ3n) is 3.48. The molecule has 2 rings (SSSR count). The predicted molar refractivity (Wildman–Crippen MR) is 81.5 cm³/mol. The van der Waals surface area contributed by atoms with E-state index >= 15 is 0 Å². The first-order chi connectivity index (χ1) is 9.60. The summed E-state index contributed by atoms with van der Waals surface area (Å²) in [5, 5.41) is 5.53. The maximum atomic E-state index is 12.1. The van der Waals surface area contributed by atoms with Gasteiger partial charge in [-0.05, 0) is 31.0 Å². The van der Waals surface area contributed by atoms with Crippen molar-refractivity contribution < 1.29 is 9.59 Å². The Bertz CT molecular complexity index is 499. The van der Waals surface area contributed by atoms with E-state index in [1.165, 1.54) is 0 Å². The van der Waals surface area contributed by atoms with Crippen LogP contribution < -0.4 is 10.6 Å². The van der Waals surface area contributed by atoms with Crippen LogP contribution in [-0.2, 0) is 4.79 Å². The van der Waals surface area contributed by atoms with E-state index in [1.54, 1.807) is 11.9 Å². The highest BCUT2D eigenvalue weighted by molar-refractivity contribution is 9.10. The van der Waals surface area contributed by atoms with Crippen LogP contribution >= 0.6 is 15.9 Å². The number of carbonyl (C=O) groups is 2. The second-order valence-electron chi connectivity index (χ2n) is 4.82. The second-order valence-corrected chi connectivity index (χ2v) is 5.73. The van der Waals surface area contributed by atoms with Crippen molar-refractivity contribution in [3.63, 3.8) is 0 Å². The fourth-order valence-corrected chi connectivity index (χ4v) is 2.72. The number of amides is 3. The molecule has 1 heterocycles. The molecule has 6 heteroatoms. The molecule has 1 aromatic carbocycles. The molecule has 1 aliphatic heterocycles. The number of rotatable bonds is 2. The molecule has 0 spiro atoms. The van der Waals surface area contributed by atoms with E-state index < -0.39 is 0 Å². The minimum atomic E-state index is -0.113. The SMILES string of the molecule is CNC(=O)C1CCN(C(=O)Nc2cccc(Br)c2)CC1. The monoisotopic (exact) mass is 339 g/mol. The van der Waals surface area contributed by atoms with Gasteiger partial charge >= 0.3 is 6.03 Å². The van der Waals surface area contributed by atoms with Crippen LogP contribution in [0, 0.1) is 5.92 Å². The van der Waals surface area contributed by atoms with Crippen molar-refractivity contribution in [1.29, 1.82) is 0 Å². The molecule has 1 saturated heterocycles. The van der Waals surface area contributed by atoms with Crippen molar-refractivity contribution in [3.05, 3.63) is 28.7 Å². The zero-order valence-corrected chi connectivity index (χ0v) is 12.9. The normalized spacial score (nSPS) is 15.8. The molecule has 3 amide bonds. The summed E-state index contributed by atoms with van der Waals surface area (Å²) in [5.74, 6) is 0.0898. The molecule has 1 aromatic rings. The lowest BCUT2D eigenvalue weighted by atomic mass is 9.96. The summed E-state index contributed by atoms with van der Waals surface area (Å²) in [5.41, 5.74) is 0.762. The Morgan fingerprint density at radius 3 is 2.60 bits per heavy atom. The fourth-order valence-electron chi connectivity index (χ4n) is 2.32. The quantitative estimate of drug-likeness (QED) is 0.869. The standard InChI is InChI=1S/C14H18BrN3O2/c1-16-13(19)10-5-7-18(8-6-10)14(20)17-12-4-2-3-11(15)9-12/h2-4,9-10H,5-8H2,1H3,(H,16,19)(H,17,20). The Hall–Kier alpha value is -1.56. The Balaban J connectivity index is 1.87. The van der Waals surface area contributed by atoms with Crippen LogP contribution in [0.1, 0.15) is 12.8 Å². The van der Waals surface area contributed by atoms with Gasteiger partial charge in [0, 0.05) is 36.2 Å². The van der Waals surface area contributed by atoms with E-state index in [-0.39, 0.29) is 17.9 Å². The van der Waals surface area contributed by atoms with E-state index in [1.807, 2.05) is 24.3 Å². The summed E-state index contributed by atoms with van der Waals surface area (Å²) in [6, 6.07) is 7.37. The largest absolute Gasteiger partial charge is 0.359 e. The lowest BCUT2D eigenvalue weighted by Crippen LogP contribution is -2.44. The molecule has 5 nitrogen and oxygen atoms in total. The number of anilines is 1. The van der Waals surface area contributed by atoms with E-state index in [2.05, 4.69) is 26.6 Å². The maximum absolute atomic E-state index is 12.1. The van der Waals surface area contributed by atoms with Crippen LogP contribution in [0.4, 0.5) is 10.5 Å². The molecule has 108 valence electrons. The van der Waals surface area contributed by atoms with Crippen molar-refractivity contribution in [2.75, 3.05) is 25.5 Å². The minimum absolute atomic E-state index is 0.0231. The van der Waals surface area contributed by atoms with Crippen molar-refractivity contribution in [1.82, 2.24) is 10.2 Å². The number of halogens is 1. The van der Waals surface area contributed by atoms with Gasteiger partial charge in [-0.2, -0.15) is 0 Å². The molecule has 0 saturated carbocycles. The van der Waals surface area contributed by atoms with Gasteiger partial charge in [0.05, 0.1) is 0 Å². The van der Waals surface area contributed by atoms with Crippen LogP contribution in [0.15, 0.2) is 28.7 Å². The van der Waals surface area contributed by atoms with Crippen molar-refractivity contribution in [2.45, 2.75) is 12.8 Å². The van der Waals surface area contributed by atoms with Gasteiger partial charge in [0.2, 0.25) is 5.91 Å². The maximum Gasteiger partial charge on any atom is 0.321 e. The highest BCUT2D eigenvalue weighted by Crippen LogP contribution is 2.19. The van der Waals surface area contributed by atoms with E-state index in [0.29, 0.717) is 25.9 Å². The molecular formula is C14H18BrN3O2. The molecule has 0 aromatic heterocycles. The number of urea groups is 1. The van der Waals surface area contributed by atoms with Crippen molar-refractivity contribution in [3.8, 4) is 0 Å². The third-order valence-corrected chi connectivity index (χ3v) is 3.97. The second kappa shape index (κ2) is 6.74. The smallest absolute Gasteiger partial charge is 0.321 e. The number of nitrogens with zero attached hydrogens (tertiary/aromatic N) is 1. The lowest BCUT2D eigenvalue weighted by Gasteiger charge is -2.31. The summed E-state index contributed by atoms with van der Waals surface area (Å²) >= 11 is 3.37. The first-order valence-electron chi connectivity index (χ1n) is 6.63. The van der Waals surface area contributed by atoms with Gasteiger partial charge < -0.3 is 15.5 Å². The Kier molecular flexibility index (Phi) is 5.00. The van der Waals surface area contributed by atoms with Crippen LogP contribution in [0.5, 0.6) is 0 Å². The summed E-state index contributed by atoms with van der Waals surface area (Å²) < 4.78 is 0.925. The minimum Gasteiger partial charge on any atom is -0.359 e. The molecule has 0 radical (unpaired) electrons. The van der Waals surface area contributed by atoms with Gasteiger partial charge in [0.1, 0.15) is 0 Å². The van der Waals surface area contributed by atoms with Crippen LogP contribution in [0.3, 0.4) is 0 Å². The van der Waals surface area contributed by atoms with E-state index in [0.717, 1.165) is 10.2 Å². The van der Waals surface area contributed by atoms with Gasteiger partial charge in [-0.15, -0.1) is 0 Å². The molecule has 2 N–H and O–H groups in total. The average molecular weight is 340 g/mol. The molecule has 0 bridgehead atoms. The molecule has 0 unspecified atom stereocenters. The zero-order valence-electron chi connectivity index (χ0n) is 11.4. The number of hydrogen-bond acceptors (Lipinski definition) is 2. The number of hydrogen-bond donors (Lipinski definition) is 2. The van der Waals surface area contributed by atoms with E-state index in [9.17, 15) is 9.59 Å². The fraction of sp³-hybridized carbons (Fsp3) is 0.429. The van der Waals surface area contributed by atoms with Crippen LogP contribution in [0.25, 0.3) is 0 Å². The number of likely N-dealkylation sites (tertiary alicyclic amines) is 1. The molecule has 1 aliphatic rings. The first-order valence-corrected chi connectivity index (χ1v) is 7.42. The van der Waals surface area contributed by atoms with E-state index in [4.69, 9.17) is 0 Å². The number of piperidine rings is 1. The van der Waals surface area contributed by atoms with Gasteiger partial charge in [-0.1, -0.05) is 22.0 Å². The van der Waals surface area contributed by atoms with Gasteiger partial charge in [-0.25, -0.2) is 4.79 Å². The summed E-state index contributed by atoms with van der Waals surface area (Å²) in [6.07, 6.45) is 1.43. The average Bonchev–Trinajstić information content (AvgIpc) is 2.46. The highest BCUT2D eigenvalue weighted by Gasteiger charge is 2.26. The lowest BCUT2D eigenvalue weighted by molar-refractivity contribution is -0.125. The molecular weight excluding hydrogens is 322 g/mol. The zero-order chi connectivity index (χ0) is 14.5. The summed E-state index contributed by atoms with van der Waals surface area (Å²) in [6.45, 7) is 1.22. The van der Waals surface area contributed by atoms with Gasteiger partial charge in [0.25, 0.3) is 0 Å². The summed E-state index contributed by atoms with van der Waals surface area (Å²) in [7, 11) is 1.65. The molecule has 1 fully saturated rings. The number of carbonyl (C=O) groups excluding carboxylic acids is 2. The number of nitrogens with one attached hydrogen (secondary N) is 2. The van der Waals surface area contributed by atoms with Crippen molar-refractivity contribution >= 4 is 33.6 Å². The highest BCUT2D eigenvalue weighted by atomic mass is 79.9. The molecule has 0 aliphatic carbocycles. The summed E-state index contributed by atoms with van der Waals surface area (Å²) in [4.78, 5) is 25.4. The number of benzene rings is 1.